The van der Waals surface area contributed by atoms with Crippen molar-refractivity contribution in [2.24, 2.45) is 17.3 Å². The fourth-order valence-corrected chi connectivity index (χ4v) is 6.47. The summed E-state index contributed by atoms with van der Waals surface area (Å²) in [4.78, 5) is 17.2. The number of Topliss-reactive ketones (excluding diaryl/α,β-unsaturated/α-hetero) is 1. The molecule has 0 amide bonds. The Morgan fingerprint density at radius 1 is 1.13 bits per heavy atom. The van der Waals surface area contributed by atoms with E-state index in [2.05, 4.69) is 29.4 Å². The highest BCUT2D eigenvalue weighted by atomic mass is 19.1. The van der Waals surface area contributed by atoms with Crippen LogP contribution in [-0.2, 0) is 11.2 Å². The molecule has 3 aliphatic rings. The van der Waals surface area contributed by atoms with Gasteiger partial charge >= 0.3 is 0 Å². The molecule has 1 N–H and O–H groups in total. The van der Waals surface area contributed by atoms with Gasteiger partial charge in [0.15, 0.2) is 5.58 Å². The second-order valence-electron chi connectivity index (χ2n) is 9.50. The molecule has 0 spiro atoms. The smallest absolute Gasteiger partial charge is 0.300 e. The Morgan fingerprint density at radius 2 is 1.97 bits per heavy atom. The summed E-state index contributed by atoms with van der Waals surface area (Å²) in [5, 5.41) is 3.13. The van der Waals surface area contributed by atoms with Crippen LogP contribution in [0.1, 0.15) is 56.1 Å². The molecule has 3 aliphatic carbocycles. The molecule has 4 nitrogen and oxygen atoms in total. The molecule has 0 bridgehead atoms. The molecule has 0 saturated heterocycles. The third-order valence-electron chi connectivity index (χ3n) is 8.04. The zero-order chi connectivity index (χ0) is 20.5. The topological polar surface area (TPSA) is 55.1 Å². The molecule has 2 aromatic carbocycles. The number of oxazole rings is 1. The summed E-state index contributed by atoms with van der Waals surface area (Å²) in [7, 11) is 0. The van der Waals surface area contributed by atoms with E-state index in [9.17, 15) is 9.18 Å². The van der Waals surface area contributed by atoms with Crippen LogP contribution < -0.4 is 5.32 Å². The molecule has 4 atom stereocenters. The quantitative estimate of drug-likeness (QED) is 0.558. The Kier molecular flexibility index (Phi) is 3.86. The van der Waals surface area contributed by atoms with Gasteiger partial charge in [-0.1, -0.05) is 6.92 Å². The molecule has 2 fully saturated rings. The highest BCUT2D eigenvalue weighted by molar-refractivity contribution is 5.87. The fraction of sp³-hybridized carbons (Fsp3) is 0.440. The maximum absolute atomic E-state index is 13.1. The van der Waals surface area contributed by atoms with Crippen LogP contribution in [0.25, 0.3) is 11.1 Å². The van der Waals surface area contributed by atoms with Crippen molar-refractivity contribution in [2.75, 3.05) is 5.32 Å². The van der Waals surface area contributed by atoms with Crippen molar-refractivity contribution in [1.29, 1.82) is 0 Å². The fourth-order valence-electron chi connectivity index (χ4n) is 6.47. The Hall–Kier alpha value is -2.69. The summed E-state index contributed by atoms with van der Waals surface area (Å²) in [6.07, 6.45) is 6.10. The van der Waals surface area contributed by atoms with E-state index in [-0.39, 0.29) is 11.2 Å². The molecule has 0 radical (unpaired) electrons. The van der Waals surface area contributed by atoms with Gasteiger partial charge < -0.3 is 9.73 Å². The van der Waals surface area contributed by atoms with E-state index >= 15 is 0 Å². The minimum atomic E-state index is -0.270. The van der Waals surface area contributed by atoms with Gasteiger partial charge in [0.25, 0.3) is 6.01 Å². The largest absolute Gasteiger partial charge is 0.423 e. The molecule has 3 aromatic rings. The molecule has 0 unspecified atom stereocenters. The standard InChI is InChI=1S/C25H25FN2O2/c1-25-11-10-17-18(20(25)8-9-23(25)29)7-2-14-12-22-21(13-19(14)17)28-24(30-22)27-16-5-3-15(26)4-6-16/h3-6,12-13,17-18,20H,2,7-11H2,1H3,(H,27,28)/t17-,18+,20-,25-/m0/s1. The molecule has 5 heteroatoms. The number of carbonyl (C=O) groups is 1. The first-order valence-corrected chi connectivity index (χ1v) is 11.0. The van der Waals surface area contributed by atoms with E-state index in [1.165, 1.54) is 23.3 Å². The lowest BCUT2D eigenvalue weighted by atomic mass is 9.55. The third kappa shape index (κ3) is 2.64. The van der Waals surface area contributed by atoms with Gasteiger partial charge in [0.1, 0.15) is 17.1 Å². The van der Waals surface area contributed by atoms with Crippen molar-refractivity contribution < 1.29 is 13.6 Å². The molecular weight excluding hydrogens is 379 g/mol. The van der Waals surface area contributed by atoms with Crippen molar-refractivity contribution in [3.05, 3.63) is 53.3 Å². The average Bonchev–Trinajstić information content (AvgIpc) is 3.27. The Bertz CT molecular complexity index is 1150. The van der Waals surface area contributed by atoms with E-state index in [4.69, 9.17) is 4.42 Å². The monoisotopic (exact) mass is 404 g/mol. The number of fused-ring (bicyclic) bond motifs is 6. The number of hydrogen-bond acceptors (Lipinski definition) is 4. The molecule has 30 heavy (non-hydrogen) atoms. The zero-order valence-corrected chi connectivity index (χ0v) is 17.1. The normalized spacial score (nSPS) is 30.1. The summed E-state index contributed by atoms with van der Waals surface area (Å²) >= 11 is 0. The molecule has 1 aromatic heterocycles. The molecule has 154 valence electrons. The first-order chi connectivity index (χ1) is 14.5. The molecular formula is C25H25FN2O2. The first kappa shape index (κ1) is 18.1. The average molecular weight is 404 g/mol. The van der Waals surface area contributed by atoms with Gasteiger partial charge in [-0.25, -0.2) is 4.39 Å². The number of hydrogen-bond donors (Lipinski definition) is 1. The lowest BCUT2D eigenvalue weighted by Crippen LogP contribution is -2.42. The van der Waals surface area contributed by atoms with Gasteiger partial charge in [0.2, 0.25) is 0 Å². The number of carbonyl (C=O) groups excluding carboxylic acids is 1. The second kappa shape index (κ2) is 6.40. The number of nitrogens with one attached hydrogen (secondary N) is 1. The number of ketones is 1. The molecule has 1 heterocycles. The Morgan fingerprint density at radius 3 is 2.80 bits per heavy atom. The minimum Gasteiger partial charge on any atom is -0.423 e. The Balaban J connectivity index is 1.33. The summed E-state index contributed by atoms with van der Waals surface area (Å²) < 4.78 is 19.1. The predicted octanol–water partition coefficient (Wildman–Crippen LogP) is 6.14. The van der Waals surface area contributed by atoms with Crippen molar-refractivity contribution >= 4 is 28.6 Å². The van der Waals surface area contributed by atoms with E-state index < -0.39 is 0 Å². The van der Waals surface area contributed by atoms with E-state index in [0.29, 0.717) is 29.6 Å². The lowest BCUT2D eigenvalue weighted by Gasteiger charge is -2.48. The summed E-state index contributed by atoms with van der Waals surface area (Å²) in [6, 6.07) is 10.9. The van der Waals surface area contributed by atoms with Crippen LogP contribution in [-0.4, -0.2) is 10.8 Å². The Labute approximate surface area is 174 Å². The van der Waals surface area contributed by atoms with Gasteiger partial charge in [-0.05, 0) is 97.4 Å². The maximum Gasteiger partial charge on any atom is 0.300 e. The van der Waals surface area contributed by atoms with Crippen molar-refractivity contribution in [3.8, 4) is 0 Å². The number of nitrogens with zero attached hydrogens (tertiary/aromatic N) is 1. The van der Waals surface area contributed by atoms with Gasteiger partial charge in [-0.3, -0.25) is 4.79 Å². The number of benzene rings is 2. The predicted molar refractivity (Wildman–Crippen MR) is 113 cm³/mol. The SMILES string of the molecule is C[C@]12CC[C@@H]3c4cc5nc(Nc6ccc(F)cc6)oc5cc4CC[C@H]3[C@@H]1CCC2=O. The van der Waals surface area contributed by atoms with Gasteiger partial charge in [-0.2, -0.15) is 4.98 Å². The number of rotatable bonds is 2. The third-order valence-corrected chi connectivity index (χ3v) is 8.04. The van der Waals surface area contributed by atoms with E-state index in [1.807, 2.05) is 0 Å². The van der Waals surface area contributed by atoms with Crippen LogP contribution in [0.15, 0.2) is 40.8 Å². The molecule has 6 rings (SSSR count). The first-order valence-electron chi connectivity index (χ1n) is 11.0. The highest BCUT2D eigenvalue weighted by Gasteiger charge is 2.54. The molecule has 2 saturated carbocycles. The van der Waals surface area contributed by atoms with Crippen molar-refractivity contribution in [3.63, 3.8) is 0 Å². The number of aryl methyl sites for hydroxylation is 1. The lowest BCUT2D eigenvalue weighted by molar-refractivity contribution is -0.129. The number of halogens is 1. The second-order valence-corrected chi connectivity index (χ2v) is 9.50. The highest BCUT2D eigenvalue weighted by Crippen LogP contribution is 2.59. The number of anilines is 2. The van der Waals surface area contributed by atoms with Crippen molar-refractivity contribution in [2.45, 2.75) is 51.4 Å². The number of aromatic nitrogens is 1. The van der Waals surface area contributed by atoms with Crippen LogP contribution in [0, 0.1) is 23.1 Å². The van der Waals surface area contributed by atoms with E-state index in [0.717, 1.165) is 55.3 Å². The van der Waals surface area contributed by atoms with Crippen molar-refractivity contribution in [1.82, 2.24) is 4.98 Å². The zero-order valence-electron chi connectivity index (χ0n) is 17.1. The maximum atomic E-state index is 13.1. The van der Waals surface area contributed by atoms with Gasteiger partial charge in [-0.15, -0.1) is 0 Å². The van der Waals surface area contributed by atoms with Gasteiger partial charge in [0.05, 0.1) is 0 Å². The molecule has 0 aliphatic heterocycles. The van der Waals surface area contributed by atoms with Crippen LogP contribution in [0.5, 0.6) is 0 Å². The van der Waals surface area contributed by atoms with E-state index in [1.54, 1.807) is 12.1 Å². The van der Waals surface area contributed by atoms with Crippen LogP contribution in [0.3, 0.4) is 0 Å². The summed E-state index contributed by atoms with van der Waals surface area (Å²) in [6.45, 7) is 2.22. The van der Waals surface area contributed by atoms with Crippen LogP contribution >= 0.6 is 0 Å². The summed E-state index contributed by atoms with van der Waals surface area (Å²) in [5.41, 5.74) is 5.06. The van der Waals surface area contributed by atoms with Gasteiger partial charge in [0, 0.05) is 17.5 Å². The van der Waals surface area contributed by atoms with Crippen LogP contribution in [0.2, 0.25) is 0 Å². The van der Waals surface area contributed by atoms with Crippen LogP contribution in [0.4, 0.5) is 16.1 Å². The summed E-state index contributed by atoms with van der Waals surface area (Å²) in [5.74, 6) is 1.87. The minimum absolute atomic E-state index is 0.0943.